The van der Waals surface area contributed by atoms with Crippen molar-refractivity contribution in [1.29, 1.82) is 0 Å². The monoisotopic (exact) mass is 285 g/mol. The van der Waals surface area contributed by atoms with Gasteiger partial charge in [0.25, 0.3) is 0 Å². The molecule has 1 fully saturated rings. The Morgan fingerprint density at radius 3 is 2.74 bits per heavy atom. The molecule has 1 amide bonds. The quantitative estimate of drug-likeness (QED) is 0.802. The predicted octanol–water partition coefficient (Wildman–Crippen LogP) is -0.520. The average molecular weight is 285 g/mol. The maximum Gasteiger partial charge on any atom is 0.224 e. The molecule has 1 unspecified atom stereocenters. The minimum Gasteiger partial charge on any atom is -0.481 e. The summed E-state index contributed by atoms with van der Waals surface area (Å²) in [6.45, 7) is 0.450. The van der Waals surface area contributed by atoms with Crippen LogP contribution in [0.1, 0.15) is 12.0 Å². The van der Waals surface area contributed by atoms with Crippen LogP contribution >= 0.6 is 0 Å². The number of ether oxygens (including phenoxy) is 1. The molecule has 104 valence electrons. The highest BCUT2D eigenvalue weighted by atomic mass is 32.2. The molecule has 1 saturated heterocycles. The highest BCUT2D eigenvalue weighted by Crippen LogP contribution is 2.19. The number of carbonyl (C=O) groups excluding carboxylic acids is 1. The van der Waals surface area contributed by atoms with Crippen LogP contribution in [0.4, 0.5) is 0 Å². The molecule has 1 aromatic heterocycles. The van der Waals surface area contributed by atoms with Crippen LogP contribution in [0, 0.1) is 0 Å². The Morgan fingerprint density at radius 1 is 1.53 bits per heavy atom. The van der Waals surface area contributed by atoms with Crippen LogP contribution in [0.15, 0.2) is 18.3 Å². The fourth-order valence-electron chi connectivity index (χ4n) is 1.95. The Morgan fingerprint density at radius 2 is 2.26 bits per heavy atom. The summed E-state index contributed by atoms with van der Waals surface area (Å²) >= 11 is 0. The van der Waals surface area contributed by atoms with Gasteiger partial charge in [0, 0.05) is 31.8 Å². The van der Waals surface area contributed by atoms with Crippen LogP contribution in [-0.2, 0) is 21.4 Å². The largest absolute Gasteiger partial charge is 0.481 e. The number of rotatable bonds is 4. The van der Waals surface area contributed by atoms with Crippen LogP contribution in [-0.4, -0.2) is 43.1 Å². The molecule has 19 heavy (non-hydrogen) atoms. The first-order valence-electron chi connectivity index (χ1n) is 5.68. The average Bonchev–Trinajstić information content (AvgIpc) is 2.72. The zero-order chi connectivity index (χ0) is 14.0. The van der Waals surface area contributed by atoms with Crippen LogP contribution in [0.25, 0.3) is 0 Å². The number of nitrogens with zero attached hydrogens (tertiary/aromatic N) is 2. The summed E-state index contributed by atoms with van der Waals surface area (Å²) < 4.78 is 27.4. The maximum absolute atomic E-state index is 11.7. The van der Waals surface area contributed by atoms with Crippen LogP contribution in [0.5, 0.6) is 5.88 Å². The van der Waals surface area contributed by atoms with Gasteiger partial charge in [0.15, 0.2) is 0 Å². The normalized spacial score (nSPS) is 19.8. The van der Waals surface area contributed by atoms with E-state index < -0.39 is 15.3 Å². The van der Waals surface area contributed by atoms with Crippen molar-refractivity contribution in [2.24, 2.45) is 5.14 Å². The molecule has 1 aliphatic heterocycles. The summed E-state index contributed by atoms with van der Waals surface area (Å²) in [5.74, 6) is 0.272. The second-order valence-corrected chi connectivity index (χ2v) is 6.24. The number of hydrogen-bond donors (Lipinski definition) is 1. The maximum atomic E-state index is 11.7. The van der Waals surface area contributed by atoms with Crippen molar-refractivity contribution in [2.45, 2.75) is 18.2 Å². The van der Waals surface area contributed by atoms with E-state index in [0.717, 1.165) is 5.56 Å². The zero-order valence-corrected chi connectivity index (χ0v) is 11.3. The Labute approximate surface area is 111 Å². The third-order valence-corrected chi connectivity index (χ3v) is 4.27. The summed E-state index contributed by atoms with van der Waals surface area (Å²) in [7, 11) is -2.15. The summed E-state index contributed by atoms with van der Waals surface area (Å²) in [6.07, 6.45) is 1.54. The number of methoxy groups -OCH3 is 1. The highest BCUT2D eigenvalue weighted by Gasteiger charge is 2.36. The van der Waals surface area contributed by atoms with Crippen molar-refractivity contribution >= 4 is 15.9 Å². The van der Waals surface area contributed by atoms with Gasteiger partial charge >= 0.3 is 0 Å². The standard InChI is InChI=1S/C11H15N3O4S/c1-18-10-3-2-8(5-13-10)6-14-7-9(4-11(14)15)19(12,16)17/h2-3,5,9H,4,6-7H2,1H3,(H2,12,16,17). The van der Waals surface area contributed by atoms with Crippen molar-refractivity contribution in [2.75, 3.05) is 13.7 Å². The number of amides is 1. The van der Waals surface area contributed by atoms with E-state index in [9.17, 15) is 13.2 Å². The zero-order valence-electron chi connectivity index (χ0n) is 10.4. The van der Waals surface area contributed by atoms with Crippen molar-refractivity contribution in [1.82, 2.24) is 9.88 Å². The number of primary sulfonamides is 1. The molecule has 0 spiro atoms. The first-order valence-corrected chi connectivity index (χ1v) is 7.29. The number of sulfonamides is 1. The second-order valence-electron chi connectivity index (χ2n) is 4.40. The van der Waals surface area contributed by atoms with Crippen LogP contribution < -0.4 is 9.88 Å². The number of nitrogens with two attached hydrogens (primary N) is 1. The number of pyridine rings is 1. The fourth-order valence-corrected chi connectivity index (χ4v) is 2.72. The molecule has 1 atom stereocenters. The molecule has 0 aliphatic carbocycles. The van der Waals surface area contributed by atoms with E-state index >= 15 is 0 Å². The number of carbonyl (C=O) groups is 1. The van der Waals surface area contributed by atoms with E-state index in [0.29, 0.717) is 12.4 Å². The summed E-state index contributed by atoms with van der Waals surface area (Å²) in [5.41, 5.74) is 0.809. The summed E-state index contributed by atoms with van der Waals surface area (Å²) in [6, 6.07) is 3.47. The lowest BCUT2D eigenvalue weighted by atomic mass is 10.2. The van der Waals surface area contributed by atoms with Gasteiger partial charge < -0.3 is 9.64 Å². The molecular formula is C11H15N3O4S. The minimum atomic E-state index is -3.67. The van der Waals surface area contributed by atoms with Gasteiger partial charge in [-0.15, -0.1) is 0 Å². The smallest absolute Gasteiger partial charge is 0.224 e. The van der Waals surface area contributed by atoms with Gasteiger partial charge in [0.05, 0.1) is 7.11 Å². The highest BCUT2D eigenvalue weighted by molar-refractivity contribution is 7.89. The van der Waals surface area contributed by atoms with E-state index in [4.69, 9.17) is 9.88 Å². The van der Waals surface area contributed by atoms with Crippen LogP contribution in [0.2, 0.25) is 0 Å². The molecule has 0 saturated carbocycles. The molecule has 1 aromatic rings. The Hall–Kier alpha value is -1.67. The SMILES string of the molecule is COc1ccc(CN2CC(S(N)(=O)=O)CC2=O)cn1. The summed E-state index contributed by atoms with van der Waals surface area (Å²) in [5, 5.41) is 4.25. The third-order valence-electron chi connectivity index (χ3n) is 3.02. The van der Waals surface area contributed by atoms with Gasteiger partial charge in [-0.3, -0.25) is 4.79 Å². The lowest BCUT2D eigenvalue weighted by molar-refractivity contribution is -0.128. The van der Waals surface area contributed by atoms with E-state index in [1.165, 1.54) is 12.0 Å². The lowest BCUT2D eigenvalue weighted by Crippen LogP contribution is -2.31. The van der Waals surface area contributed by atoms with Crippen molar-refractivity contribution in [3.8, 4) is 5.88 Å². The minimum absolute atomic E-state index is 0.0532. The van der Waals surface area contributed by atoms with E-state index in [2.05, 4.69) is 4.98 Å². The van der Waals surface area contributed by atoms with Gasteiger partial charge in [-0.25, -0.2) is 18.5 Å². The molecule has 0 radical (unpaired) electrons. The molecule has 0 aromatic carbocycles. The molecule has 2 N–H and O–H groups in total. The fraction of sp³-hybridized carbons (Fsp3) is 0.455. The third kappa shape index (κ3) is 3.21. The Balaban J connectivity index is 2.05. The molecule has 0 bridgehead atoms. The van der Waals surface area contributed by atoms with Crippen molar-refractivity contribution in [3.05, 3.63) is 23.9 Å². The van der Waals surface area contributed by atoms with E-state index in [1.807, 2.05) is 0 Å². The van der Waals surface area contributed by atoms with Gasteiger partial charge in [-0.05, 0) is 5.56 Å². The van der Waals surface area contributed by atoms with Gasteiger partial charge in [0.2, 0.25) is 21.8 Å². The number of aromatic nitrogens is 1. The molecule has 7 nitrogen and oxygen atoms in total. The first kappa shape index (κ1) is 13.8. The first-order chi connectivity index (χ1) is 8.90. The van der Waals surface area contributed by atoms with Crippen molar-refractivity contribution in [3.63, 3.8) is 0 Å². The van der Waals surface area contributed by atoms with Gasteiger partial charge in [-0.1, -0.05) is 6.07 Å². The van der Waals surface area contributed by atoms with E-state index in [-0.39, 0.29) is 18.9 Å². The predicted molar refractivity (Wildman–Crippen MR) is 67.7 cm³/mol. The number of hydrogen-bond acceptors (Lipinski definition) is 5. The van der Waals surface area contributed by atoms with Gasteiger partial charge in [-0.2, -0.15) is 0 Å². The molecule has 2 heterocycles. The summed E-state index contributed by atoms with van der Waals surface area (Å²) in [4.78, 5) is 17.2. The Kier molecular flexibility index (Phi) is 3.72. The molecular weight excluding hydrogens is 270 g/mol. The van der Waals surface area contributed by atoms with Gasteiger partial charge in [0.1, 0.15) is 5.25 Å². The number of likely N-dealkylation sites (tertiary alicyclic amines) is 1. The van der Waals surface area contributed by atoms with E-state index in [1.54, 1.807) is 18.3 Å². The topological polar surface area (TPSA) is 103 Å². The molecule has 8 heteroatoms. The Bertz CT molecular complexity index is 570. The second kappa shape index (κ2) is 5.14. The lowest BCUT2D eigenvalue weighted by Gasteiger charge is -2.16. The molecule has 2 rings (SSSR count). The van der Waals surface area contributed by atoms with Crippen LogP contribution in [0.3, 0.4) is 0 Å². The molecule has 1 aliphatic rings. The van der Waals surface area contributed by atoms with Crippen molar-refractivity contribution < 1.29 is 17.9 Å².